The first-order chi connectivity index (χ1) is 15.3. The quantitative estimate of drug-likeness (QED) is 0.618. The fourth-order valence-electron chi connectivity index (χ4n) is 3.45. The summed E-state index contributed by atoms with van der Waals surface area (Å²) < 4.78 is 21.3. The van der Waals surface area contributed by atoms with Gasteiger partial charge in [-0.1, -0.05) is 6.08 Å². The molecule has 1 fully saturated rings. The third kappa shape index (κ3) is 5.28. The SMILES string of the molecule is C=CC.Cc1nc(C)n(-c2nc(-c3cc(O)cc(F)c3)nc(N3CCCOCC3)n2)c1C. The Labute approximate surface area is 187 Å². The van der Waals surface area contributed by atoms with Crippen molar-refractivity contribution in [2.45, 2.75) is 34.1 Å². The van der Waals surface area contributed by atoms with Crippen molar-refractivity contribution in [1.82, 2.24) is 24.5 Å². The Hall–Kier alpha value is -3.33. The molecule has 3 aromatic rings. The molecule has 1 aliphatic rings. The number of allylic oxidation sites excluding steroid dienone is 1. The smallest absolute Gasteiger partial charge is 0.240 e. The summed E-state index contributed by atoms with van der Waals surface area (Å²) in [6.45, 7) is 13.7. The Morgan fingerprint density at radius 1 is 1.03 bits per heavy atom. The lowest BCUT2D eigenvalue weighted by Crippen LogP contribution is -2.28. The van der Waals surface area contributed by atoms with Crippen LogP contribution in [0.3, 0.4) is 0 Å². The van der Waals surface area contributed by atoms with E-state index in [9.17, 15) is 9.50 Å². The van der Waals surface area contributed by atoms with E-state index in [-0.39, 0.29) is 11.6 Å². The largest absolute Gasteiger partial charge is 0.508 e. The van der Waals surface area contributed by atoms with E-state index >= 15 is 0 Å². The number of anilines is 1. The molecule has 9 heteroatoms. The second kappa shape index (κ2) is 10.3. The number of hydrogen-bond donors (Lipinski definition) is 1. The van der Waals surface area contributed by atoms with E-state index in [1.165, 1.54) is 12.1 Å². The second-order valence-corrected chi connectivity index (χ2v) is 7.48. The summed E-state index contributed by atoms with van der Waals surface area (Å²) in [4.78, 5) is 20.4. The third-order valence-corrected chi connectivity index (χ3v) is 4.97. The number of imidazole rings is 1. The van der Waals surface area contributed by atoms with Crippen molar-refractivity contribution < 1.29 is 14.2 Å². The molecule has 8 nitrogen and oxygen atoms in total. The van der Waals surface area contributed by atoms with Crippen LogP contribution >= 0.6 is 0 Å². The van der Waals surface area contributed by atoms with Crippen LogP contribution in [0.25, 0.3) is 17.3 Å². The molecule has 1 aromatic carbocycles. The summed E-state index contributed by atoms with van der Waals surface area (Å²) in [5.74, 6) is 1.20. The van der Waals surface area contributed by atoms with Crippen molar-refractivity contribution in [2.75, 3.05) is 31.2 Å². The minimum absolute atomic E-state index is 0.183. The Kier molecular flexibility index (Phi) is 7.53. The predicted octanol–water partition coefficient (Wildman–Crippen LogP) is 3.91. The Morgan fingerprint density at radius 2 is 1.75 bits per heavy atom. The van der Waals surface area contributed by atoms with Gasteiger partial charge in [-0.2, -0.15) is 15.0 Å². The van der Waals surface area contributed by atoms with E-state index < -0.39 is 5.82 Å². The first kappa shape index (κ1) is 23.3. The minimum atomic E-state index is -0.558. The summed E-state index contributed by atoms with van der Waals surface area (Å²) in [7, 11) is 0. The Bertz CT molecular complexity index is 1070. The predicted molar refractivity (Wildman–Crippen MR) is 122 cm³/mol. The van der Waals surface area contributed by atoms with Gasteiger partial charge in [0.05, 0.1) is 12.3 Å². The molecule has 1 saturated heterocycles. The molecule has 0 spiro atoms. The van der Waals surface area contributed by atoms with Crippen molar-refractivity contribution in [2.24, 2.45) is 0 Å². The summed E-state index contributed by atoms with van der Waals surface area (Å²) >= 11 is 0. The van der Waals surface area contributed by atoms with Crippen molar-refractivity contribution in [3.05, 3.63) is 53.9 Å². The van der Waals surface area contributed by atoms with Gasteiger partial charge >= 0.3 is 0 Å². The monoisotopic (exact) mass is 440 g/mol. The summed E-state index contributed by atoms with van der Waals surface area (Å²) in [5, 5.41) is 9.83. The molecule has 3 heterocycles. The molecular weight excluding hydrogens is 411 g/mol. The van der Waals surface area contributed by atoms with Gasteiger partial charge in [-0.3, -0.25) is 4.57 Å². The number of phenolic OH excluding ortho intramolecular Hbond substituents is 1. The molecule has 0 amide bonds. The van der Waals surface area contributed by atoms with E-state index in [0.29, 0.717) is 37.2 Å². The number of benzene rings is 1. The topological polar surface area (TPSA) is 89.2 Å². The summed E-state index contributed by atoms with van der Waals surface area (Å²) in [6, 6.07) is 3.79. The van der Waals surface area contributed by atoms with Crippen molar-refractivity contribution >= 4 is 5.95 Å². The molecule has 1 aliphatic heterocycles. The molecule has 2 aromatic heterocycles. The molecular formula is C23H29FN6O2. The van der Waals surface area contributed by atoms with Gasteiger partial charge in [0.25, 0.3) is 0 Å². The molecule has 0 saturated carbocycles. The number of nitrogens with zero attached hydrogens (tertiary/aromatic N) is 6. The summed E-state index contributed by atoms with van der Waals surface area (Å²) in [6.07, 6.45) is 2.61. The van der Waals surface area contributed by atoms with Crippen molar-refractivity contribution in [3.8, 4) is 23.1 Å². The van der Waals surface area contributed by atoms with Crippen LogP contribution < -0.4 is 4.90 Å². The molecule has 170 valence electrons. The highest BCUT2D eigenvalue weighted by molar-refractivity contribution is 5.59. The zero-order valence-electron chi connectivity index (χ0n) is 19.0. The number of aryl methyl sites for hydroxylation is 2. The van der Waals surface area contributed by atoms with Gasteiger partial charge in [0, 0.05) is 37.0 Å². The molecule has 32 heavy (non-hydrogen) atoms. The number of rotatable bonds is 3. The van der Waals surface area contributed by atoms with Crippen LogP contribution in [0.5, 0.6) is 5.75 Å². The first-order valence-corrected chi connectivity index (χ1v) is 10.5. The van der Waals surface area contributed by atoms with Crippen LogP contribution in [0, 0.1) is 26.6 Å². The average molecular weight is 441 g/mol. The maximum atomic E-state index is 13.9. The maximum Gasteiger partial charge on any atom is 0.240 e. The fourth-order valence-corrected chi connectivity index (χ4v) is 3.45. The van der Waals surface area contributed by atoms with E-state index in [2.05, 4.69) is 26.5 Å². The zero-order chi connectivity index (χ0) is 23.3. The lowest BCUT2D eigenvalue weighted by molar-refractivity contribution is 0.152. The standard InChI is InChI=1S/C20H23FN6O2.C3H6/c1-12-13(2)27(14(3)22-12)20-24-18(15-9-16(21)11-17(28)10-15)23-19(25-20)26-5-4-7-29-8-6-26;1-3-2/h9-11,28H,4-8H2,1-3H3;3H,1H2,2H3. The third-order valence-electron chi connectivity index (χ3n) is 4.97. The minimum Gasteiger partial charge on any atom is -0.508 e. The van der Waals surface area contributed by atoms with Crippen LogP contribution in [0.2, 0.25) is 0 Å². The number of aromatic nitrogens is 5. The zero-order valence-corrected chi connectivity index (χ0v) is 19.0. The van der Waals surface area contributed by atoms with Crippen LogP contribution in [0.1, 0.15) is 30.6 Å². The van der Waals surface area contributed by atoms with E-state index in [1.54, 1.807) is 6.08 Å². The van der Waals surface area contributed by atoms with Gasteiger partial charge in [0.15, 0.2) is 5.82 Å². The highest BCUT2D eigenvalue weighted by Crippen LogP contribution is 2.26. The number of halogens is 1. The van der Waals surface area contributed by atoms with E-state index in [0.717, 1.165) is 36.2 Å². The highest BCUT2D eigenvalue weighted by atomic mass is 19.1. The van der Waals surface area contributed by atoms with E-state index in [4.69, 9.17) is 4.74 Å². The van der Waals surface area contributed by atoms with E-state index in [1.807, 2.05) is 37.2 Å². The lowest BCUT2D eigenvalue weighted by atomic mass is 10.2. The molecule has 0 bridgehead atoms. The molecule has 0 aliphatic carbocycles. The molecule has 1 N–H and O–H groups in total. The van der Waals surface area contributed by atoms with Gasteiger partial charge < -0.3 is 14.7 Å². The fraction of sp³-hybridized carbons (Fsp3) is 0.391. The second-order valence-electron chi connectivity index (χ2n) is 7.48. The average Bonchev–Trinajstić information content (AvgIpc) is 2.93. The number of phenols is 1. The summed E-state index contributed by atoms with van der Waals surface area (Å²) in [5.41, 5.74) is 2.19. The highest BCUT2D eigenvalue weighted by Gasteiger charge is 2.20. The van der Waals surface area contributed by atoms with Gasteiger partial charge in [-0.25, -0.2) is 9.37 Å². The van der Waals surface area contributed by atoms with Crippen molar-refractivity contribution in [3.63, 3.8) is 0 Å². The Balaban J connectivity index is 0.000000913. The maximum absolute atomic E-state index is 13.9. The van der Waals surface area contributed by atoms with Gasteiger partial charge in [-0.15, -0.1) is 6.58 Å². The normalized spacial score (nSPS) is 13.8. The van der Waals surface area contributed by atoms with Crippen molar-refractivity contribution in [1.29, 1.82) is 0 Å². The molecule has 4 rings (SSSR count). The number of ether oxygens (including phenoxy) is 1. The molecule has 0 atom stereocenters. The van der Waals surface area contributed by atoms with Crippen LogP contribution in [-0.2, 0) is 4.74 Å². The van der Waals surface area contributed by atoms with Crippen LogP contribution in [-0.4, -0.2) is 55.9 Å². The van der Waals surface area contributed by atoms with Crippen LogP contribution in [0.15, 0.2) is 30.9 Å². The molecule has 0 unspecified atom stereocenters. The Morgan fingerprint density at radius 3 is 2.41 bits per heavy atom. The van der Waals surface area contributed by atoms with Crippen LogP contribution in [0.4, 0.5) is 10.3 Å². The number of hydrogen-bond acceptors (Lipinski definition) is 7. The van der Waals surface area contributed by atoms with Gasteiger partial charge in [0.2, 0.25) is 11.9 Å². The first-order valence-electron chi connectivity index (χ1n) is 10.5. The van der Waals surface area contributed by atoms with Gasteiger partial charge in [-0.05, 0) is 46.2 Å². The molecule has 0 radical (unpaired) electrons. The lowest BCUT2D eigenvalue weighted by Gasteiger charge is -2.21. The van der Waals surface area contributed by atoms with Gasteiger partial charge in [0.1, 0.15) is 17.4 Å². The number of aromatic hydroxyl groups is 1.